The van der Waals surface area contributed by atoms with Crippen molar-refractivity contribution in [2.75, 3.05) is 37.2 Å². The highest BCUT2D eigenvalue weighted by molar-refractivity contribution is 6.06. The minimum Gasteiger partial charge on any atom is -0.459 e. The molecule has 1 aliphatic heterocycles. The van der Waals surface area contributed by atoms with Crippen LogP contribution in [-0.4, -0.2) is 47.8 Å². The first-order chi connectivity index (χ1) is 13.1. The fourth-order valence-electron chi connectivity index (χ4n) is 2.70. The third-order valence-corrected chi connectivity index (χ3v) is 4.18. The SMILES string of the molecule is N#C/C(=C/N1CCN(C(=O)c2ccco2)CC1)C(=O)Nc1ccc(N)cc1. The molecule has 3 rings (SSSR count). The number of nitrogen functional groups attached to an aromatic ring is 1. The van der Waals surface area contributed by atoms with E-state index in [2.05, 4.69) is 5.32 Å². The van der Waals surface area contributed by atoms with Crippen LogP contribution >= 0.6 is 0 Å². The predicted molar refractivity (Wildman–Crippen MR) is 99.4 cm³/mol. The average molecular weight is 365 g/mol. The molecule has 0 radical (unpaired) electrons. The summed E-state index contributed by atoms with van der Waals surface area (Å²) in [5, 5.41) is 12.0. The van der Waals surface area contributed by atoms with E-state index in [1.165, 1.54) is 12.5 Å². The topological polar surface area (TPSA) is 116 Å². The highest BCUT2D eigenvalue weighted by atomic mass is 16.3. The van der Waals surface area contributed by atoms with Gasteiger partial charge >= 0.3 is 0 Å². The standard InChI is InChI=1S/C19H19N5O3/c20-12-14(18(25)22-16-5-3-15(21)4-6-16)13-23-7-9-24(10-8-23)19(26)17-2-1-11-27-17/h1-6,11,13H,7-10,21H2,(H,22,25)/b14-13-. The Morgan fingerprint density at radius 2 is 1.85 bits per heavy atom. The molecule has 8 nitrogen and oxygen atoms in total. The number of hydrogen-bond acceptors (Lipinski definition) is 6. The van der Waals surface area contributed by atoms with Gasteiger partial charge < -0.3 is 25.3 Å². The number of nitrogens with two attached hydrogens (primary N) is 1. The Labute approximate surface area is 156 Å². The molecule has 0 aliphatic carbocycles. The molecule has 1 aromatic carbocycles. The number of furan rings is 1. The molecule has 3 N–H and O–H groups in total. The predicted octanol–water partition coefficient (Wildman–Crippen LogP) is 1.67. The average Bonchev–Trinajstić information content (AvgIpc) is 3.22. The zero-order valence-electron chi connectivity index (χ0n) is 14.6. The van der Waals surface area contributed by atoms with Gasteiger partial charge in [-0.25, -0.2) is 0 Å². The van der Waals surface area contributed by atoms with Gasteiger partial charge in [-0.2, -0.15) is 5.26 Å². The van der Waals surface area contributed by atoms with Crippen LogP contribution in [-0.2, 0) is 4.79 Å². The lowest BCUT2D eigenvalue weighted by atomic mass is 10.2. The van der Waals surface area contributed by atoms with E-state index in [9.17, 15) is 14.9 Å². The van der Waals surface area contributed by atoms with Gasteiger partial charge in [0.05, 0.1) is 6.26 Å². The van der Waals surface area contributed by atoms with Crippen LogP contribution in [0.25, 0.3) is 0 Å². The van der Waals surface area contributed by atoms with Crippen LogP contribution in [0.5, 0.6) is 0 Å². The number of rotatable bonds is 4. The van der Waals surface area contributed by atoms with Gasteiger partial charge in [0, 0.05) is 43.8 Å². The van der Waals surface area contributed by atoms with Crippen molar-refractivity contribution in [1.29, 1.82) is 5.26 Å². The maximum atomic E-state index is 12.3. The molecule has 2 aromatic rings. The highest BCUT2D eigenvalue weighted by Gasteiger charge is 2.23. The Morgan fingerprint density at radius 3 is 2.44 bits per heavy atom. The van der Waals surface area contributed by atoms with Gasteiger partial charge in [-0.15, -0.1) is 0 Å². The molecular weight excluding hydrogens is 346 g/mol. The van der Waals surface area contributed by atoms with E-state index >= 15 is 0 Å². The van der Waals surface area contributed by atoms with Crippen LogP contribution in [0.3, 0.4) is 0 Å². The largest absolute Gasteiger partial charge is 0.459 e. The molecule has 0 unspecified atom stereocenters. The van der Waals surface area contributed by atoms with Crippen molar-refractivity contribution in [2.24, 2.45) is 0 Å². The van der Waals surface area contributed by atoms with Crippen molar-refractivity contribution in [2.45, 2.75) is 0 Å². The van der Waals surface area contributed by atoms with Crippen molar-refractivity contribution in [3.8, 4) is 6.07 Å². The van der Waals surface area contributed by atoms with E-state index in [1.54, 1.807) is 41.3 Å². The third kappa shape index (κ3) is 4.46. The molecule has 0 atom stereocenters. The minimum absolute atomic E-state index is 0.00219. The molecule has 2 heterocycles. The summed E-state index contributed by atoms with van der Waals surface area (Å²) in [7, 11) is 0. The zero-order valence-corrected chi connectivity index (χ0v) is 14.6. The summed E-state index contributed by atoms with van der Waals surface area (Å²) in [6.07, 6.45) is 2.99. The molecule has 0 spiro atoms. The molecule has 138 valence electrons. The van der Waals surface area contributed by atoms with Crippen molar-refractivity contribution < 1.29 is 14.0 Å². The van der Waals surface area contributed by atoms with Crippen molar-refractivity contribution in [3.05, 3.63) is 60.2 Å². The Hall–Kier alpha value is -3.73. The molecule has 0 saturated carbocycles. The molecular formula is C19H19N5O3. The van der Waals surface area contributed by atoms with Crippen molar-refractivity contribution in [1.82, 2.24) is 9.80 Å². The number of carbonyl (C=O) groups is 2. The molecule has 0 bridgehead atoms. The molecule has 27 heavy (non-hydrogen) atoms. The number of anilines is 2. The molecule has 1 fully saturated rings. The number of benzene rings is 1. The van der Waals surface area contributed by atoms with Gasteiger partial charge in [0.15, 0.2) is 5.76 Å². The van der Waals surface area contributed by atoms with Crippen molar-refractivity contribution >= 4 is 23.2 Å². The Kier molecular flexibility index (Phi) is 5.42. The lowest BCUT2D eigenvalue weighted by Crippen LogP contribution is -2.47. The third-order valence-electron chi connectivity index (χ3n) is 4.18. The van der Waals surface area contributed by atoms with E-state index in [4.69, 9.17) is 10.2 Å². The molecule has 1 aliphatic rings. The fourth-order valence-corrected chi connectivity index (χ4v) is 2.70. The maximum Gasteiger partial charge on any atom is 0.289 e. The van der Waals surface area contributed by atoms with Gasteiger partial charge in [0.2, 0.25) is 0 Å². The van der Waals surface area contributed by atoms with Crippen LogP contribution in [0, 0.1) is 11.3 Å². The minimum atomic E-state index is -0.489. The van der Waals surface area contributed by atoms with E-state index in [0.29, 0.717) is 43.3 Å². The maximum absolute atomic E-state index is 12.3. The van der Waals surface area contributed by atoms with Gasteiger partial charge in [-0.3, -0.25) is 9.59 Å². The van der Waals surface area contributed by atoms with Gasteiger partial charge in [-0.1, -0.05) is 0 Å². The van der Waals surface area contributed by atoms with Crippen LogP contribution in [0.4, 0.5) is 11.4 Å². The summed E-state index contributed by atoms with van der Waals surface area (Å²) in [5.74, 6) is -0.346. The number of hydrogen-bond donors (Lipinski definition) is 2. The number of piperazine rings is 1. The lowest BCUT2D eigenvalue weighted by Gasteiger charge is -2.33. The first-order valence-electron chi connectivity index (χ1n) is 8.42. The second kappa shape index (κ2) is 8.10. The van der Waals surface area contributed by atoms with Gasteiger partial charge in [-0.05, 0) is 36.4 Å². The number of amides is 2. The first kappa shape index (κ1) is 18.1. The quantitative estimate of drug-likeness (QED) is 0.484. The Bertz CT molecular complexity index is 873. The number of nitrogens with one attached hydrogen (secondary N) is 1. The summed E-state index contributed by atoms with van der Waals surface area (Å²) in [5.41, 5.74) is 6.76. The summed E-state index contributed by atoms with van der Waals surface area (Å²) >= 11 is 0. The Morgan fingerprint density at radius 1 is 1.15 bits per heavy atom. The normalized spacial score (nSPS) is 14.6. The first-order valence-corrected chi connectivity index (χ1v) is 8.42. The fraction of sp³-hybridized carbons (Fsp3) is 0.211. The van der Waals surface area contributed by atoms with Crippen LogP contribution in [0.15, 0.2) is 58.9 Å². The number of nitrogens with zero attached hydrogens (tertiary/aromatic N) is 3. The Balaban J connectivity index is 1.58. The summed E-state index contributed by atoms with van der Waals surface area (Å²) < 4.78 is 5.13. The smallest absolute Gasteiger partial charge is 0.289 e. The zero-order chi connectivity index (χ0) is 19.2. The van der Waals surface area contributed by atoms with E-state index in [-0.39, 0.29) is 11.5 Å². The molecule has 1 aromatic heterocycles. The van der Waals surface area contributed by atoms with E-state index in [0.717, 1.165) is 0 Å². The second-order valence-electron chi connectivity index (χ2n) is 6.04. The van der Waals surface area contributed by atoms with Crippen LogP contribution in [0.1, 0.15) is 10.6 Å². The molecule has 8 heteroatoms. The van der Waals surface area contributed by atoms with Gasteiger partial charge in [0.25, 0.3) is 11.8 Å². The van der Waals surface area contributed by atoms with E-state index < -0.39 is 5.91 Å². The van der Waals surface area contributed by atoms with E-state index in [1.807, 2.05) is 11.0 Å². The van der Waals surface area contributed by atoms with Crippen LogP contribution < -0.4 is 11.1 Å². The number of carbonyl (C=O) groups excluding carboxylic acids is 2. The second-order valence-corrected chi connectivity index (χ2v) is 6.04. The lowest BCUT2D eigenvalue weighted by molar-refractivity contribution is -0.112. The summed E-state index contributed by atoms with van der Waals surface area (Å²) in [4.78, 5) is 28.1. The summed E-state index contributed by atoms with van der Waals surface area (Å²) in [6.45, 7) is 2.00. The highest BCUT2D eigenvalue weighted by Crippen LogP contribution is 2.13. The van der Waals surface area contributed by atoms with Crippen LogP contribution in [0.2, 0.25) is 0 Å². The van der Waals surface area contributed by atoms with Crippen molar-refractivity contribution in [3.63, 3.8) is 0 Å². The molecule has 1 saturated heterocycles. The van der Waals surface area contributed by atoms with Gasteiger partial charge in [0.1, 0.15) is 11.6 Å². The monoisotopic (exact) mass is 365 g/mol. The number of nitriles is 1. The summed E-state index contributed by atoms with van der Waals surface area (Å²) in [6, 6.07) is 11.9. The molecule has 2 amide bonds.